The highest BCUT2D eigenvalue weighted by molar-refractivity contribution is 8.02. The number of methoxy groups -OCH3 is 1. The molecule has 0 spiro atoms. The highest BCUT2D eigenvalue weighted by atomic mass is 32.2. The molecule has 0 amide bonds. The third-order valence-electron chi connectivity index (χ3n) is 3.08. The average molecular weight is 258 g/mol. The zero-order valence-electron chi connectivity index (χ0n) is 10.1. The van der Waals surface area contributed by atoms with Crippen LogP contribution in [-0.4, -0.2) is 18.0 Å². The van der Waals surface area contributed by atoms with E-state index in [1.807, 2.05) is 12.1 Å². The predicted molar refractivity (Wildman–Crippen MR) is 77.0 cm³/mol. The van der Waals surface area contributed by atoms with Crippen molar-refractivity contribution in [2.45, 2.75) is 0 Å². The molecule has 1 aliphatic heterocycles. The summed E-state index contributed by atoms with van der Waals surface area (Å²) >= 11 is 1.72. The van der Waals surface area contributed by atoms with E-state index in [4.69, 9.17) is 10.6 Å². The molecule has 0 saturated heterocycles. The summed E-state index contributed by atoms with van der Waals surface area (Å²) in [5, 5.41) is 6.25. The van der Waals surface area contributed by atoms with E-state index in [1.165, 1.54) is 10.9 Å². The van der Waals surface area contributed by atoms with Crippen molar-refractivity contribution in [2.24, 2.45) is 5.84 Å². The number of hydrazine groups is 1. The molecule has 18 heavy (non-hydrogen) atoms. The first-order valence-corrected chi connectivity index (χ1v) is 6.75. The van der Waals surface area contributed by atoms with Gasteiger partial charge in [0.05, 0.1) is 18.7 Å². The lowest BCUT2D eigenvalue weighted by atomic mass is 10.0. The Bertz CT molecular complexity index is 624. The molecule has 2 aromatic rings. The minimum atomic E-state index is 0.807. The van der Waals surface area contributed by atoms with Gasteiger partial charge in [-0.2, -0.15) is 0 Å². The van der Waals surface area contributed by atoms with E-state index in [1.54, 1.807) is 23.9 Å². The number of nitrogens with two attached hydrogens (primary N) is 1. The zero-order valence-corrected chi connectivity index (χ0v) is 10.9. The van der Waals surface area contributed by atoms with Gasteiger partial charge in [0.1, 0.15) is 5.75 Å². The van der Waals surface area contributed by atoms with Crippen molar-refractivity contribution in [3.05, 3.63) is 47.4 Å². The Hall–Kier alpha value is -1.65. The van der Waals surface area contributed by atoms with Gasteiger partial charge >= 0.3 is 0 Å². The first-order valence-electron chi connectivity index (χ1n) is 5.71. The standard InChI is InChI=1S/C14H14N2OS/c1-17-11-5-6-12-10(7-11)3-2-4-13(12)14-8-18-9-16(14)15/h2-8H,9,15H2,1H3. The third kappa shape index (κ3) is 1.83. The molecule has 0 unspecified atom stereocenters. The molecule has 92 valence electrons. The van der Waals surface area contributed by atoms with E-state index < -0.39 is 0 Å². The van der Waals surface area contributed by atoms with Crippen LogP contribution in [0.15, 0.2) is 41.8 Å². The molecule has 0 aliphatic carbocycles. The molecule has 3 nitrogen and oxygen atoms in total. The van der Waals surface area contributed by atoms with E-state index in [2.05, 4.69) is 29.7 Å². The number of rotatable bonds is 2. The minimum Gasteiger partial charge on any atom is -0.497 e. The van der Waals surface area contributed by atoms with Crippen LogP contribution in [-0.2, 0) is 0 Å². The summed E-state index contributed by atoms with van der Waals surface area (Å²) in [6.45, 7) is 0. The van der Waals surface area contributed by atoms with Crippen molar-refractivity contribution in [1.29, 1.82) is 0 Å². The van der Waals surface area contributed by atoms with Gasteiger partial charge in [0, 0.05) is 5.56 Å². The first kappa shape index (κ1) is 11.4. The quantitative estimate of drug-likeness (QED) is 0.840. The predicted octanol–water partition coefficient (Wildman–Crippen LogP) is 3.03. The monoisotopic (exact) mass is 258 g/mol. The lowest BCUT2D eigenvalue weighted by Crippen LogP contribution is -2.25. The minimum absolute atomic E-state index is 0.807. The van der Waals surface area contributed by atoms with Crippen LogP contribution >= 0.6 is 11.8 Å². The lowest BCUT2D eigenvalue weighted by Gasteiger charge is -2.16. The molecule has 0 atom stereocenters. The van der Waals surface area contributed by atoms with Gasteiger partial charge in [-0.25, -0.2) is 5.84 Å². The van der Waals surface area contributed by atoms with Crippen molar-refractivity contribution in [1.82, 2.24) is 5.01 Å². The smallest absolute Gasteiger partial charge is 0.119 e. The van der Waals surface area contributed by atoms with Crippen LogP contribution in [0.1, 0.15) is 5.56 Å². The fourth-order valence-electron chi connectivity index (χ4n) is 2.16. The van der Waals surface area contributed by atoms with Crippen molar-refractivity contribution >= 4 is 28.2 Å². The summed E-state index contributed by atoms with van der Waals surface area (Å²) in [5.41, 5.74) is 2.25. The Morgan fingerprint density at radius 1 is 1.28 bits per heavy atom. The van der Waals surface area contributed by atoms with Gasteiger partial charge in [-0.1, -0.05) is 24.3 Å². The van der Waals surface area contributed by atoms with Crippen molar-refractivity contribution in [3.63, 3.8) is 0 Å². The van der Waals surface area contributed by atoms with Crippen molar-refractivity contribution in [3.8, 4) is 5.75 Å². The van der Waals surface area contributed by atoms with Gasteiger partial charge in [0.2, 0.25) is 0 Å². The number of hydrogen-bond donors (Lipinski definition) is 1. The van der Waals surface area contributed by atoms with Crippen LogP contribution < -0.4 is 10.6 Å². The fraction of sp³-hybridized carbons (Fsp3) is 0.143. The summed E-state index contributed by atoms with van der Waals surface area (Å²) < 4.78 is 5.25. The number of fused-ring (bicyclic) bond motifs is 1. The number of hydrogen-bond acceptors (Lipinski definition) is 4. The van der Waals surface area contributed by atoms with Gasteiger partial charge in [-0.05, 0) is 28.3 Å². The Morgan fingerprint density at radius 3 is 2.89 bits per heavy atom. The van der Waals surface area contributed by atoms with E-state index >= 15 is 0 Å². The number of benzene rings is 2. The average Bonchev–Trinajstić information content (AvgIpc) is 2.83. The van der Waals surface area contributed by atoms with Crippen LogP contribution in [0.3, 0.4) is 0 Å². The maximum absolute atomic E-state index is 5.98. The van der Waals surface area contributed by atoms with E-state index in [0.29, 0.717) is 0 Å². The Labute approximate surface area is 110 Å². The summed E-state index contributed by atoms with van der Waals surface area (Å²) in [6, 6.07) is 12.4. The molecule has 2 N–H and O–H groups in total. The molecule has 0 fully saturated rings. The van der Waals surface area contributed by atoms with E-state index in [-0.39, 0.29) is 0 Å². The van der Waals surface area contributed by atoms with Crippen LogP contribution in [0, 0.1) is 0 Å². The SMILES string of the molecule is COc1ccc2c(C3=CSCN3N)cccc2c1. The largest absolute Gasteiger partial charge is 0.497 e. The van der Waals surface area contributed by atoms with Crippen LogP contribution in [0.5, 0.6) is 5.75 Å². The zero-order chi connectivity index (χ0) is 12.5. The maximum Gasteiger partial charge on any atom is 0.119 e. The van der Waals surface area contributed by atoms with Crippen LogP contribution in [0.2, 0.25) is 0 Å². The topological polar surface area (TPSA) is 38.5 Å². The summed E-state index contributed by atoms with van der Waals surface area (Å²) in [4.78, 5) is 0. The van der Waals surface area contributed by atoms with Gasteiger partial charge in [-0.15, -0.1) is 11.8 Å². The highest BCUT2D eigenvalue weighted by Gasteiger charge is 2.16. The Morgan fingerprint density at radius 2 is 2.17 bits per heavy atom. The molecule has 1 heterocycles. The molecular formula is C14H14N2OS. The molecule has 3 rings (SSSR count). The Balaban J connectivity index is 2.18. The molecule has 4 heteroatoms. The third-order valence-corrected chi connectivity index (χ3v) is 3.90. The van der Waals surface area contributed by atoms with Gasteiger partial charge in [0.25, 0.3) is 0 Å². The van der Waals surface area contributed by atoms with E-state index in [9.17, 15) is 0 Å². The van der Waals surface area contributed by atoms with Gasteiger partial charge < -0.3 is 4.74 Å². The van der Waals surface area contributed by atoms with Gasteiger partial charge in [0.15, 0.2) is 0 Å². The summed E-state index contributed by atoms with van der Waals surface area (Å²) in [5.74, 6) is 7.66. The molecule has 0 radical (unpaired) electrons. The number of nitrogens with zero attached hydrogens (tertiary/aromatic N) is 1. The number of ether oxygens (including phenoxy) is 1. The molecule has 1 aliphatic rings. The number of thioether (sulfide) groups is 1. The molecule has 2 aromatic carbocycles. The second-order valence-electron chi connectivity index (χ2n) is 4.16. The Kier molecular flexibility index (Phi) is 2.89. The van der Waals surface area contributed by atoms with Gasteiger partial charge in [-0.3, -0.25) is 5.01 Å². The lowest BCUT2D eigenvalue weighted by molar-refractivity contribution is 0.415. The first-order chi connectivity index (χ1) is 8.79. The van der Waals surface area contributed by atoms with Crippen molar-refractivity contribution in [2.75, 3.05) is 13.0 Å². The molecule has 0 bridgehead atoms. The van der Waals surface area contributed by atoms with Crippen LogP contribution in [0.4, 0.5) is 0 Å². The second kappa shape index (κ2) is 4.55. The van der Waals surface area contributed by atoms with E-state index in [0.717, 1.165) is 22.7 Å². The molecular weight excluding hydrogens is 244 g/mol. The van der Waals surface area contributed by atoms with Crippen LogP contribution in [0.25, 0.3) is 16.5 Å². The van der Waals surface area contributed by atoms with Crippen molar-refractivity contribution < 1.29 is 4.74 Å². The normalized spacial score (nSPS) is 15.0. The maximum atomic E-state index is 5.98. The summed E-state index contributed by atoms with van der Waals surface area (Å²) in [7, 11) is 1.68. The molecule has 0 aromatic heterocycles. The molecule has 0 saturated carbocycles. The second-order valence-corrected chi connectivity index (χ2v) is 4.99. The fourth-order valence-corrected chi connectivity index (χ4v) is 2.96. The summed E-state index contributed by atoms with van der Waals surface area (Å²) in [6.07, 6.45) is 0. The highest BCUT2D eigenvalue weighted by Crippen LogP contribution is 2.33.